The Labute approximate surface area is 159 Å². The molecule has 0 aliphatic carbocycles. The van der Waals surface area contributed by atoms with Crippen molar-refractivity contribution in [2.24, 2.45) is 5.92 Å². The smallest absolute Gasteiger partial charge is 0.247 e. The van der Waals surface area contributed by atoms with Crippen molar-refractivity contribution >= 4 is 23.4 Å². The van der Waals surface area contributed by atoms with Crippen LogP contribution in [0.15, 0.2) is 54.6 Å². The average Bonchev–Trinajstić information content (AvgIpc) is 2.61. The quantitative estimate of drug-likeness (QED) is 0.774. The number of benzene rings is 2. The second-order valence-corrected chi connectivity index (χ2v) is 7.18. The Bertz CT molecular complexity index is 729. The van der Waals surface area contributed by atoms with Crippen LogP contribution in [0.3, 0.4) is 0 Å². The number of rotatable bonds is 7. The summed E-state index contributed by atoms with van der Waals surface area (Å²) in [6, 6.07) is 16.0. The molecule has 2 aromatic carbocycles. The largest absolute Gasteiger partial charge is 0.352 e. The zero-order chi connectivity index (χ0) is 19.1. The first-order valence-corrected chi connectivity index (χ1v) is 9.14. The summed E-state index contributed by atoms with van der Waals surface area (Å²) in [5, 5.41) is 6.43. The van der Waals surface area contributed by atoms with Gasteiger partial charge in [-0.3, -0.25) is 9.59 Å². The minimum atomic E-state index is -0.709. The van der Waals surface area contributed by atoms with Gasteiger partial charge < -0.3 is 10.6 Å². The van der Waals surface area contributed by atoms with E-state index in [2.05, 4.69) is 10.6 Å². The lowest BCUT2D eigenvalue weighted by Crippen LogP contribution is -2.44. The fourth-order valence-electron chi connectivity index (χ4n) is 2.66. The lowest BCUT2D eigenvalue weighted by Gasteiger charge is -2.22. The summed E-state index contributed by atoms with van der Waals surface area (Å²) in [5.41, 5.74) is 1.79. The maximum Gasteiger partial charge on any atom is 0.247 e. The van der Waals surface area contributed by atoms with Gasteiger partial charge >= 0.3 is 0 Å². The van der Waals surface area contributed by atoms with Gasteiger partial charge in [0.1, 0.15) is 6.04 Å². The van der Waals surface area contributed by atoms with Crippen molar-refractivity contribution in [1.29, 1.82) is 0 Å². The zero-order valence-corrected chi connectivity index (χ0v) is 16.1. The van der Waals surface area contributed by atoms with E-state index in [1.54, 1.807) is 0 Å². The molecule has 0 heterocycles. The first kappa shape index (κ1) is 20.0. The fraction of sp³-hybridized carbons (Fsp3) is 0.333. The van der Waals surface area contributed by atoms with Crippen molar-refractivity contribution in [1.82, 2.24) is 10.6 Å². The molecule has 2 rings (SSSR count). The van der Waals surface area contributed by atoms with E-state index >= 15 is 0 Å². The summed E-state index contributed by atoms with van der Waals surface area (Å²) in [4.78, 5) is 25.2. The Balaban J connectivity index is 2.09. The Hall–Kier alpha value is -2.33. The number of nitrogens with one attached hydrogen (secondary N) is 2. The van der Waals surface area contributed by atoms with E-state index in [1.165, 1.54) is 0 Å². The molecule has 1 unspecified atom stereocenters. The molecule has 138 valence electrons. The van der Waals surface area contributed by atoms with Crippen LogP contribution in [0.5, 0.6) is 0 Å². The average molecular weight is 373 g/mol. The maximum atomic E-state index is 12.7. The predicted octanol–water partition coefficient (Wildman–Crippen LogP) is 3.90. The highest BCUT2D eigenvalue weighted by molar-refractivity contribution is 6.30. The molecule has 0 aromatic heterocycles. The monoisotopic (exact) mass is 372 g/mol. The molecule has 0 radical (unpaired) electrons. The molecule has 26 heavy (non-hydrogen) atoms. The van der Waals surface area contributed by atoms with Crippen molar-refractivity contribution in [2.75, 3.05) is 0 Å². The molecule has 0 aliphatic rings. The van der Waals surface area contributed by atoms with Crippen molar-refractivity contribution < 1.29 is 9.59 Å². The molecule has 5 heteroatoms. The van der Waals surface area contributed by atoms with Crippen molar-refractivity contribution in [2.45, 2.75) is 39.3 Å². The highest BCUT2D eigenvalue weighted by Gasteiger charge is 2.25. The number of amides is 2. The number of halogens is 1. The van der Waals surface area contributed by atoms with Gasteiger partial charge in [0.2, 0.25) is 11.8 Å². The van der Waals surface area contributed by atoms with Crippen LogP contribution in [-0.4, -0.2) is 17.9 Å². The molecule has 2 amide bonds. The third kappa shape index (κ3) is 5.88. The molecule has 0 saturated heterocycles. The normalized spacial score (nSPS) is 13.1. The SMILES string of the molecule is CC(C)NC(=O)[C@@H](NC(=O)C(C)Cc1ccc(Cl)cc1)c1ccccc1. The maximum absolute atomic E-state index is 12.7. The molecular formula is C21H25ClN2O2. The van der Waals surface area contributed by atoms with Crippen LogP contribution < -0.4 is 10.6 Å². The van der Waals surface area contributed by atoms with Crippen LogP contribution in [0, 0.1) is 5.92 Å². The summed E-state index contributed by atoms with van der Waals surface area (Å²) >= 11 is 5.90. The predicted molar refractivity (Wildman–Crippen MR) is 105 cm³/mol. The molecular weight excluding hydrogens is 348 g/mol. The van der Waals surface area contributed by atoms with E-state index in [4.69, 9.17) is 11.6 Å². The zero-order valence-electron chi connectivity index (χ0n) is 15.3. The summed E-state index contributed by atoms with van der Waals surface area (Å²) in [5.74, 6) is -0.639. The number of carbonyl (C=O) groups excluding carboxylic acids is 2. The van der Waals surface area contributed by atoms with E-state index < -0.39 is 6.04 Å². The van der Waals surface area contributed by atoms with Gasteiger partial charge in [-0.1, -0.05) is 61.0 Å². The van der Waals surface area contributed by atoms with Gasteiger partial charge in [-0.15, -0.1) is 0 Å². The minimum absolute atomic E-state index is 0.00268. The van der Waals surface area contributed by atoms with Crippen molar-refractivity contribution in [3.63, 3.8) is 0 Å². The van der Waals surface area contributed by atoms with Gasteiger partial charge in [0.25, 0.3) is 0 Å². The van der Waals surface area contributed by atoms with Crippen LogP contribution in [0.4, 0.5) is 0 Å². The van der Waals surface area contributed by atoms with Gasteiger partial charge in [0.05, 0.1) is 0 Å². The standard InChI is InChI=1S/C21H25ClN2O2/c1-14(2)23-21(26)19(17-7-5-4-6-8-17)24-20(25)15(3)13-16-9-11-18(22)12-10-16/h4-12,14-15,19H,13H2,1-3H3,(H,23,26)(H,24,25)/t15?,19-/m0/s1. The highest BCUT2D eigenvalue weighted by atomic mass is 35.5. The molecule has 0 aliphatic heterocycles. The summed E-state index contributed by atoms with van der Waals surface area (Å²) in [7, 11) is 0. The van der Waals surface area contributed by atoms with Crippen LogP contribution >= 0.6 is 11.6 Å². The van der Waals surface area contributed by atoms with Gasteiger partial charge in [-0.05, 0) is 43.5 Å². The number of carbonyl (C=O) groups is 2. The van der Waals surface area contributed by atoms with E-state index in [0.29, 0.717) is 11.4 Å². The molecule has 0 saturated carbocycles. The van der Waals surface area contributed by atoms with E-state index in [-0.39, 0.29) is 23.8 Å². The van der Waals surface area contributed by atoms with Crippen LogP contribution in [0.2, 0.25) is 5.02 Å². The van der Waals surface area contributed by atoms with Gasteiger partial charge in [-0.25, -0.2) is 0 Å². The topological polar surface area (TPSA) is 58.2 Å². The van der Waals surface area contributed by atoms with Crippen LogP contribution in [-0.2, 0) is 16.0 Å². The molecule has 0 bridgehead atoms. The van der Waals surface area contributed by atoms with Gasteiger partial charge in [0.15, 0.2) is 0 Å². The first-order chi connectivity index (χ1) is 12.4. The minimum Gasteiger partial charge on any atom is -0.352 e. The summed E-state index contributed by atoms with van der Waals surface area (Å²) in [6.07, 6.45) is 0.580. The van der Waals surface area contributed by atoms with Gasteiger partial charge in [0, 0.05) is 17.0 Å². The third-order valence-corrected chi connectivity index (χ3v) is 4.27. The molecule has 4 nitrogen and oxygen atoms in total. The Kier molecular flexibility index (Phi) is 7.22. The van der Waals surface area contributed by atoms with Crippen LogP contribution in [0.25, 0.3) is 0 Å². The van der Waals surface area contributed by atoms with E-state index in [1.807, 2.05) is 75.4 Å². The number of hydrogen-bond acceptors (Lipinski definition) is 2. The Morgan fingerprint density at radius 3 is 2.08 bits per heavy atom. The third-order valence-electron chi connectivity index (χ3n) is 4.02. The van der Waals surface area contributed by atoms with Crippen molar-refractivity contribution in [3.05, 3.63) is 70.7 Å². The fourth-order valence-corrected chi connectivity index (χ4v) is 2.79. The molecule has 2 atom stereocenters. The lowest BCUT2D eigenvalue weighted by atomic mass is 9.99. The summed E-state index contributed by atoms with van der Waals surface area (Å²) < 4.78 is 0. The second kappa shape index (κ2) is 9.39. The van der Waals surface area contributed by atoms with Gasteiger partial charge in [-0.2, -0.15) is 0 Å². The second-order valence-electron chi connectivity index (χ2n) is 6.75. The van der Waals surface area contributed by atoms with Crippen molar-refractivity contribution in [3.8, 4) is 0 Å². The lowest BCUT2D eigenvalue weighted by molar-refractivity contribution is -0.131. The Morgan fingerprint density at radius 2 is 1.50 bits per heavy atom. The molecule has 2 N–H and O–H groups in total. The molecule has 2 aromatic rings. The highest BCUT2D eigenvalue weighted by Crippen LogP contribution is 2.17. The molecule has 0 spiro atoms. The van der Waals surface area contributed by atoms with Crippen LogP contribution in [0.1, 0.15) is 37.9 Å². The Morgan fingerprint density at radius 1 is 0.885 bits per heavy atom. The molecule has 0 fully saturated rings. The van der Waals surface area contributed by atoms with E-state index in [9.17, 15) is 9.59 Å². The van der Waals surface area contributed by atoms with E-state index in [0.717, 1.165) is 11.1 Å². The first-order valence-electron chi connectivity index (χ1n) is 8.77. The summed E-state index contributed by atoms with van der Waals surface area (Å²) in [6.45, 7) is 5.64. The number of hydrogen-bond donors (Lipinski definition) is 2.